The monoisotopic (exact) mass is 274 g/mol. The second-order valence-electron chi connectivity index (χ2n) is 7.00. The molecule has 0 radical (unpaired) electrons. The number of nitrogens with one attached hydrogen (secondary N) is 1. The standard InChI is InChI=1S/C17H26N2O/c1-13-11-19(16(2,3)12-18-13)15(20)17(4,5)14-9-7-6-8-10-14/h6-10,13,18H,11-12H2,1-5H3. The maximum atomic E-state index is 13.1. The molecule has 0 spiro atoms. The molecule has 0 bridgehead atoms. The van der Waals surface area contributed by atoms with Crippen molar-refractivity contribution in [1.29, 1.82) is 0 Å². The fraction of sp³-hybridized carbons (Fsp3) is 0.588. The van der Waals surface area contributed by atoms with Gasteiger partial charge in [0, 0.05) is 24.7 Å². The molecule has 3 nitrogen and oxygen atoms in total. The quantitative estimate of drug-likeness (QED) is 0.899. The molecule has 1 aromatic rings. The zero-order valence-corrected chi connectivity index (χ0v) is 13.2. The van der Waals surface area contributed by atoms with E-state index in [-0.39, 0.29) is 11.4 Å². The summed E-state index contributed by atoms with van der Waals surface area (Å²) in [6.45, 7) is 12.0. The van der Waals surface area contributed by atoms with Crippen molar-refractivity contribution in [2.24, 2.45) is 0 Å². The molecule has 1 amide bonds. The number of amides is 1. The third kappa shape index (κ3) is 2.73. The molecule has 2 rings (SSSR count). The van der Waals surface area contributed by atoms with E-state index in [9.17, 15) is 4.79 Å². The maximum Gasteiger partial charge on any atom is 0.233 e. The lowest BCUT2D eigenvalue weighted by Gasteiger charge is -2.48. The first-order valence-electron chi connectivity index (χ1n) is 7.36. The van der Waals surface area contributed by atoms with Crippen molar-refractivity contribution in [3.8, 4) is 0 Å². The van der Waals surface area contributed by atoms with Crippen molar-refractivity contribution < 1.29 is 4.79 Å². The van der Waals surface area contributed by atoms with Crippen LogP contribution in [0.25, 0.3) is 0 Å². The molecule has 1 aliphatic rings. The summed E-state index contributed by atoms with van der Waals surface area (Å²) in [7, 11) is 0. The number of hydrogen-bond acceptors (Lipinski definition) is 2. The summed E-state index contributed by atoms with van der Waals surface area (Å²) >= 11 is 0. The normalized spacial score (nSPS) is 22.6. The van der Waals surface area contributed by atoms with E-state index in [1.807, 2.05) is 49.1 Å². The SMILES string of the molecule is CC1CN(C(=O)C(C)(C)c2ccccc2)C(C)(C)CN1. The first-order valence-corrected chi connectivity index (χ1v) is 7.36. The fourth-order valence-corrected chi connectivity index (χ4v) is 2.78. The van der Waals surface area contributed by atoms with E-state index >= 15 is 0 Å². The Morgan fingerprint density at radius 1 is 1.30 bits per heavy atom. The third-order valence-electron chi connectivity index (χ3n) is 4.35. The van der Waals surface area contributed by atoms with E-state index in [1.54, 1.807) is 0 Å². The van der Waals surface area contributed by atoms with Crippen molar-refractivity contribution in [2.75, 3.05) is 13.1 Å². The van der Waals surface area contributed by atoms with Gasteiger partial charge in [-0.05, 0) is 40.2 Å². The van der Waals surface area contributed by atoms with Crippen molar-refractivity contribution in [1.82, 2.24) is 10.2 Å². The molecule has 1 aliphatic heterocycles. The van der Waals surface area contributed by atoms with Gasteiger partial charge in [-0.15, -0.1) is 0 Å². The number of benzene rings is 1. The molecule has 0 saturated carbocycles. The maximum absolute atomic E-state index is 13.1. The Hall–Kier alpha value is -1.35. The minimum absolute atomic E-state index is 0.143. The van der Waals surface area contributed by atoms with Crippen LogP contribution in [0.1, 0.15) is 40.2 Å². The topological polar surface area (TPSA) is 32.3 Å². The van der Waals surface area contributed by atoms with Crippen LogP contribution in [0.15, 0.2) is 30.3 Å². The molecule has 1 atom stereocenters. The molecule has 20 heavy (non-hydrogen) atoms. The van der Waals surface area contributed by atoms with Crippen molar-refractivity contribution >= 4 is 5.91 Å². The molecular formula is C17H26N2O. The molecule has 1 fully saturated rings. The van der Waals surface area contributed by atoms with Crippen LogP contribution in [0.5, 0.6) is 0 Å². The van der Waals surface area contributed by atoms with Crippen LogP contribution < -0.4 is 5.32 Å². The highest BCUT2D eigenvalue weighted by atomic mass is 16.2. The number of carbonyl (C=O) groups is 1. The van der Waals surface area contributed by atoms with Crippen LogP contribution in [0.3, 0.4) is 0 Å². The third-order valence-corrected chi connectivity index (χ3v) is 4.35. The smallest absolute Gasteiger partial charge is 0.233 e. The molecular weight excluding hydrogens is 248 g/mol. The van der Waals surface area contributed by atoms with Gasteiger partial charge in [-0.3, -0.25) is 4.79 Å². The number of nitrogens with zero attached hydrogens (tertiary/aromatic N) is 1. The summed E-state index contributed by atoms with van der Waals surface area (Å²) in [5.74, 6) is 0.210. The lowest BCUT2D eigenvalue weighted by Crippen LogP contribution is -2.65. The van der Waals surface area contributed by atoms with Gasteiger partial charge >= 0.3 is 0 Å². The molecule has 0 aliphatic carbocycles. The molecule has 1 unspecified atom stereocenters. The molecule has 1 heterocycles. The van der Waals surface area contributed by atoms with Crippen molar-refractivity contribution in [3.63, 3.8) is 0 Å². The second-order valence-corrected chi connectivity index (χ2v) is 7.00. The van der Waals surface area contributed by atoms with Gasteiger partial charge in [-0.1, -0.05) is 30.3 Å². The Balaban J connectivity index is 2.29. The molecule has 3 heteroatoms. The number of rotatable bonds is 2. The summed E-state index contributed by atoms with van der Waals surface area (Å²) in [5.41, 5.74) is 0.442. The summed E-state index contributed by atoms with van der Waals surface area (Å²) in [5, 5.41) is 3.45. The summed E-state index contributed by atoms with van der Waals surface area (Å²) in [6.07, 6.45) is 0. The van der Waals surface area contributed by atoms with Gasteiger partial charge in [-0.2, -0.15) is 0 Å². The molecule has 1 N–H and O–H groups in total. The fourth-order valence-electron chi connectivity index (χ4n) is 2.78. The number of hydrogen-bond donors (Lipinski definition) is 1. The molecule has 0 aromatic heterocycles. The summed E-state index contributed by atoms with van der Waals surface area (Å²) < 4.78 is 0. The summed E-state index contributed by atoms with van der Waals surface area (Å²) in [4.78, 5) is 15.1. The highest BCUT2D eigenvalue weighted by Gasteiger charge is 2.42. The highest BCUT2D eigenvalue weighted by Crippen LogP contribution is 2.30. The Labute approximate surface area is 122 Å². The Bertz CT molecular complexity index is 479. The predicted octanol–water partition coefficient (Wildman–Crippen LogP) is 2.56. The van der Waals surface area contributed by atoms with Crippen molar-refractivity contribution in [2.45, 2.75) is 51.6 Å². The minimum atomic E-state index is -0.490. The van der Waals surface area contributed by atoms with E-state index in [4.69, 9.17) is 0 Å². The van der Waals surface area contributed by atoms with Crippen LogP contribution >= 0.6 is 0 Å². The minimum Gasteiger partial charge on any atom is -0.334 e. The zero-order valence-electron chi connectivity index (χ0n) is 13.2. The van der Waals surface area contributed by atoms with Gasteiger partial charge in [0.2, 0.25) is 5.91 Å². The first-order chi connectivity index (χ1) is 9.25. The number of piperazine rings is 1. The van der Waals surface area contributed by atoms with Gasteiger partial charge in [0.05, 0.1) is 5.41 Å². The first kappa shape index (κ1) is 15.0. The van der Waals surface area contributed by atoms with Gasteiger partial charge in [0.25, 0.3) is 0 Å². The van der Waals surface area contributed by atoms with E-state index in [2.05, 4.69) is 26.1 Å². The van der Waals surface area contributed by atoms with E-state index in [0.29, 0.717) is 6.04 Å². The van der Waals surface area contributed by atoms with Crippen LogP contribution in [-0.2, 0) is 10.2 Å². The van der Waals surface area contributed by atoms with Crippen LogP contribution in [0.2, 0.25) is 0 Å². The lowest BCUT2D eigenvalue weighted by molar-refractivity contribution is -0.144. The number of carbonyl (C=O) groups excluding carboxylic acids is 1. The highest BCUT2D eigenvalue weighted by molar-refractivity contribution is 5.88. The molecule has 110 valence electrons. The van der Waals surface area contributed by atoms with Gasteiger partial charge in [-0.25, -0.2) is 0 Å². The largest absolute Gasteiger partial charge is 0.334 e. The van der Waals surface area contributed by atoms with E-state index in [0.717, 1.165) is 18.7 Å². The Morgan fingerprint density at radius 3 is 2.50 bits per heavy atom. The average Bonchev–Trinajstić information content (AvgIpc) is 2.42. The summed E-state index contributed by atoms with van der Waals surface area (Å²) in [6, 6.07) is 10.4. The van der Waals surface area contributed by atoms with Gasteiger partial charge < -0.3 is 10.2 Å². The molecule has 1 aromatic carbocycles. The van der Waals surface area contributed by atoms with Crippen LogP contribution in [0, 0.1) is 0 Å². The van der Waals surface area contributed by atoms with Crippen LogP contribution in [0.4, 0.5) is 0 Å². The van der Waals surface area contributed by atoms with E-state index < -0.39 is 5.41 Å². The average molecular weight is 274 g/mol. The molecule has 1 saturated heterocycles. The van der Waals surface area contributed by atoms with Crippen LogP contribution in [-0.4, -0.2) is 35.5 Å². The Morgan fingerprint density at radius 2 is 1.90 bits per heavy atom. The Kier molecular flexibility index (Phi) is 3.92. The second kappa shape index (κ2) is 5.21. The van der Waals surface area contributed by atoms with Gasteiger partial charge in [0.1, 0.15) is 0 Å². The predicted molar refractivity (Wildman–Crippen MR) is 82.7 cm³/mol. The zero-order chi connectivity index (χ0) is 15.0. The van der Waals surface area contributed by atoms with Gasteiger partial charge in [0.15, 0.2) is 0 Å². The lowest BCUT2D eigenvalue weighted by atomic mass is 9.81. The van der Waals surface area contributed by atoms with Crippen molar-refractivity contribution in [3.05, 3.63) is 35.9 Å². The van der Waals surface area contributed by atoms with E-state index in [1.165, 1.54) is 0 Å².